The molecule has 2 atom stereocenters. The fourth-order valence-corrected chi connectivity index (χ4v) is 2.04. The fraction of sp³-hybridized carbons (Fsp3) is 0.917. The van der Waals surface area contributed by atoms with Gasteiger partial charge in [-0.25, -0.2) is 0 Å². The van der Waals surface area contributed by atoms with E-state index >= 15 is 0 Å². The Hall–Kier alpha value is -0.610. The van der Waals surface area contributed by atoms with Crippen LogP contribution in [-0.2, 0) is 4.79 Å². The van der Waals surface area contributed by atoms with Gasteiger partial charge in [0.2, 0.25) is 5.91 Å². The Labute approximate surface area is 98.8 Å². The van der Waals surface area contributed by atoms with Crippen molar-refractivity contribution in [2.24, 2.45) is 11.7 Å². The maximum atomic E-state index is 11.9. The summed E-state index contributed by atoms with van der Waals surface area (Å²) in [6, 6.07) is 0.538. The Morgan fingerprint density at radius 3 is 2.75 bits per heavy atom. The first kappa shape index (κ1) is 13.5. The number of nitrogens with two attached hydrogens (primary N) is 1. The zero-order valence-corrected chi connectivity index (χ0v) is 10.8. The van der Waals surface area contributed by atoms with E-state index < -0.39 is 0 Å². The molecule has 0 aromatic carbocycles. The van der Waals surface area contributed by atoms with Crippen LogP contribution in [0, 0.1) is 5.92 Å². The minimum absolute atomic E-state index is 0.296. The molecule has 2 N–H and O–H groups in total. The average molecular weight is 227 g/mol. The molecule has 0 spiro atoms. The minimum atomic E-state index is 0.296. The highest BCUT2D eigenvalue weighted by atomic mass is 16.2. The average Bonchev–Trinajstić information content (AvgIpc) is 2.74. The second kappa shape index (κ2) is 6.21. The number of hydrogen-bond donors (Lipinski definition) is 1. The summed E-state index contributed by atoms with van der Waals surface area (Å²) >= 11 is 0. The predicted molar refractivity (Wildman–Crippen MR) is 66.1 cm³/mol. The van der Waals surface area contributed by atoms with Gasteiger partial charge in [0.1, 0.15) is 0 Å². The van der Waals surface area contributed by atoms with Gasteiger partial charge in [-0.15, -0.1) is 0 Å². The van der Waals surface area contributed by atoms with Crippen molar-refractivity contribution in [2.75, 3.05) is 33.7 Å². The van der Waals surface area contributed by atoms with Crippen LogP contribution in [-0.4, -0.2) is 55.5 Å². The normalized spacial score (nSPS) is 22.8. The van der Waals surface area contributed by atoms with E-state index in [-0.39, 0.29) is 0 Å². The summed E-state index contributed by atoms with van der Waals surface area (Å²) in [5.41, 5.74) is 5.54. The van der Waals surface area contributed by atoms with E-state index in [1.54, 1.807) is 0 Å². The van der Waals surface area contributed by atoms with E-state index in [1.165, 1.54) is 0 Å². The molecule has 1 aliphatic heterocycles. The van der Waals surface area contributed by atoms with E-state index in [0.717, 1.165) is 25.9 Å². The third-order valence-corrected chi connectivity index (χ3v) is 3.50. The Bertz CT molecular complexity index is 230. The molecule has 4 heteroatoms. The van der Waals surface area contributed by atoms with Gasteiger partial charge in [-0.2, -0.15) is 0 Å². The summed E-state index contributed by atoms with van der Waals surface area (Å²) in [4.78, 5) is 16.1. The van der Waals surface area contributed by atoms with E-state index in [4.69, 9.17) is 5.73 Å². The lowest BCUT2D eigenvalue weighted by Crippen LogP contribution is -2.34. The molecule has 2 unspecified atom stereocenters. The monoisotopic (exact) mass is 227 g/mol. The topological polar surface area (TPSA) is 49.6 Å². The van der Waals surface area contributed by atoms with E-state index in [9.17, 15) is 4.79 Å². The number of rotatable bonds is 5. The van der Waals surface area contributed by atoms with Crippen molar-refractivity contribution < 1.29 is 4.79 Å². The molecular weight excluding hydrogens is 202 g/mol. The fourth-order valence-electron chi connectivity index (χ4n) is 2.04. The largest absolute Gasteiger partial charge is 0.341 e. The molecule has 0 radical (unpaired) electrons. The van der Waals surface area contributed by atoms with Gasteiger partial charge in [0.25, 0.3) is 0 Å². The molecule has 1 heterocycles. The van der Waals surface area contributed by atoms with Crippen LogP contribution in [0.4, 0.5) is 0 Å². The number of carbonyl (C=O) groups is 1. The SMILES string of the molecule is CC(CN)CCC(=O)N1CCC(N(C)C)C1. The Morgan fingerprint density at radius 1 is 1.56 bits per heavy atom. The van der Waals surface area contributed by atoms with Crippen molar-refractivity contribution in [1.29, 1.82) is 0 Å². The van der Waals surface area contributed by atoms with Gasteiger partial charge in [0, 0.05) is 25.6 Å². The van der Waals surface area contributed by atoms with Crippen LogP contribution in [0.15, 0.2) is 0 Å². The van der Waals surface area contributed by atoms with Crippen molar-refractivity contribution in [3.63, 3.8) is 0 Å². The first-order valence-electron chi connectivity index (χ1n) is 6.18. The summed E-state index contributed by atoms with van der Waals surface area (Å²) in [6.45, 7) is 4.58. The third-order valence-electron chi connectivity index (χ3n) is 3.50. The van der Waals surface area contributed by atoms with Crippen LogP contribution >= 0.6 is 0 Å². The molecule has 1 aliphatic rings. The summed E-state index contributed by atoms with van der Waals surface area (Å²) in [5.74, 6) is 0.751. The summed E-state index contributed by atoms with van der Waals surface area (Å²) in [6.07, 6.45) is 2.67. The predicted octanol–water partition coefficient (Wildman–Crippen LogP) is 0.524. The molecule has 4 nitrogen and oxygen atoms in total. The number of amides is 1. The standard InChI is InChI=1S/C12H25N3O/c1-10(8-13)4-5-12(16)15-7-6-11(9-15)14(2)3/h10-11H,4-9,13H2,1-3H3. The molecule has 1 amide bonds. The number of likely N-dealkylation sites (N-methyl/N-ethyl adjacent to an activating group) is 1. The molecule has 1 rings (SSSR count). The van der Waals surface area contributed by atoms with Crippen LogP contribution in [0.5, 0.6) is 0 Å². The molecule has 0 saturated carbocycles. The number of likely N-dealkylation sites (tertiary alicyclic amines) is 1. The zero-order chi connectivity index (χ0) is 12.1. The van der Waals surface area contributed by atoms with Crippen LogP contribution in [0.1, 0.15) is 26.2 Å². The second-order valence-electron chi connectivity index (χ2n) is 5.13. The quantitative estimate of drug-likeness (QED) is 0.745. The highest BCUT2D eigenvalue weighted by molar-refractivity contribution is 5.76. The van der Waals surface area contributed by atoms with Gasteiger partial charge in [-0.1, -0.05) is 6.92 Å². The van der Waals surface area contributed by atoms with Crippen molar-refractivity contribution in [3.8, 4) is 0 Å². The van der Waals surface area contributed by atoms with Crippen LogP contribution < -0.4 is 5.73 Å². The van der Waals surface area contributed by atoms with Crippen molar-refractivity contribution in [1.82, 2.24) is 9.80 Å². The van der Waals surface area contributed by atoms with Gasteiger partial charge >= 0.3 is 0 Å². The van der Waals surface area contributed by atoms with Crippen molar-refractivity contribution >= 4 is 5.91 Å². The van der Waals surface area contributed by atoms with Crippen molar-refractivity contribution in [2.45, 2.75) is 32.2 Å². The molecule has 16 heavy (non-hydrogen) atoms. The lowest BCUT2D eigenvalue weighted by Gasteiger charge is -2.20. The zero-order valence-electron chi connectivity index (χ0n) is 10.8. The third kappa shape index (κ3) is 3.76. The first-order chi connectivity index (χ1) is 7.54. The molecule has 0 aromatic heterocycles. The van der Waals surface area contributed by atoms with Gasteiger partial charge in [-0.05, 0) is 39.4 Å². The molecule has 94 valence electrons. The van der Waals surface area contributed by atoms with Gasteiger partial charge < -0.3 is 15.5 Å². The first-order valence-corrected chi connectivity index (χ1v) is 6.18. The minimum Gasteiger partial charge on any atom is -0.341 e. The smallest absolute Gasteiger partial charge is 0.222 e. The van der Waals surface area contributed by atoms with Crippen LogP contribution in [0.25, 0.3) is 0 Å². The molecule has 0 aromatic rings. The summed E-state index contributed by atoms with van der Waals surface area (Å²) in [7, 11) is 4.16. The molecule has 0 bridgehead atoms. The van der Waals surface area contributed by atoms with E-state index in [1.807, 2.05) is 4.90 Å². The highest BCUT2D eigenvalue weighted by Gasteiger charge is 2.26. The summed E-state index contributed by atoms with van der Waals surface area (Å²) < 4.78 is 0. The molecular formula is C12H25N3O. The molecule has 1 saturated heterocycles. The maximum absolute atomic E-state index is 11.9. The maximum Gasteiger partial charge on any atom is 0.222 e. The van der Waals surface area contributed by atoms with Crippen LogP contribution in [0.2, 0.25) is 0 Å². The summed E-state index contributed by atoms with van der Waals surface area (Å²) in [5, 5.41) is 0. The number of carbonyl (C=O) groups excluding carboxylic acids is 1. The lowest BCUT2D eigenvalue weighted by molar-refractivity contribution is -0.130. The number of nitrogens with zero attached hydrogens (tertiary/aromatic N) is 2. The molecule has 0 aliphatic carbocycles. The van der Waals surface area contributed by atoms with E-state index in [2.05, 4.69) is 25.9 Å². The van der Waals surface area contributed by atoms with Gasteiger partial charge in [0.15, 0.2) is 0 Å². The van der Waals surface area contributed by atoms with Gasteiger partial charge in [0.05, 0.1) is 0 Å². The Balaban J connectivity index is 2.28. The molecule has 1 fully saturated rings. The van der Waals surface area contributed by atoms with E-state index in [0.29, 0.717) is 30.8 Å². The Morgan fingerprint density at radius 2 is 2.25 bits per heavy atom. The number of hydrogen-bond acceptors (Lipinski definition) is 3. The lowest BCUT2D eigenvalue weighted by atomic mass is 10.1. The van der Waals surface area contributed by atoms with Gasteiger partial charge in [-0.3, -0.25) is 4.79 Å². The second-order valence-corrected chi connectivity index (χ2v) is 5.13. The van der Waals surface area contributed by atoms with Crippen LogP contribution in [0.3, 0.4) is 0 Å². The van der Waals surface area contributed by atoms with Crippen molar-refractivity contribution in [3.05, 3.63) is 0 Å². The highest BCUT2D eigenvalue weighted by Crippen LogP contribution is 2.15. The Kier molecular flexibility index (Phi) is 5.22.